The Kier molecular flexibility index (Phi) is 3.92. The van der Waals surface area contributed by atoms with E-state index in [0.29, 0.717) is 17.4 Å². The second kappa shape index (κ2) is 5.64. The number of fused-ring (bicyclic) bond motifs is 1. The molecule has 0 aliphatic carbocycles. The van der Waals surface area contributed by atoms with E-state index in [1.54, 1.807) is 0 Å². The van der Waals surface area contributed by atoms with Crippen LogP contribution in [-0.4, -0.2) is 30.5 Å². The van der Waals surface area contributed by atoms with E-state index in [4.69, 9.17) is 4.74 Å². The molecule has 1 N–H and O–H groups in total. The van der Waals surface area contributed by atoms with Gasteiger partial charge in [-0.1, -0.05) is 18.2 Å². The predicted octanol–water partition coefficient (Wildman–Crippen LogP) is 2.86. The minimum atomic E-state index is 0.421. The van der Waals surface area contributed by atoms with Crippen molar-refractivity contribution in [1.82, 2.24) is 5.32 Å². The van der Waals surface area contributed by atoms with E-state index in [1.807, 2.05) is 11.8 Å². The van der Waals surface area contributed by atoms with E-state index in [1.165, 1.54) is 16.9 Å². The zero-order valence-electron chi connectivity index (χ0n) is 10.9. The molecule has 3 rings (SSSR count). The fourth-order valence-corrected chi connectivity index (χ4v) is 4.11. The molecule has 2 aliphatic rings. The molecule has 0 amide bonds. The van der Waals surface area contributed by atoms with Crippen LogP contribution in [0.3, 0.4) is 0 Å². The maximum atomic E-state index is 5.59. The minimum Gasteiger partial charge on any atom is -0.378 e. The van der Waals surface area contributed by atoms with Gasteiger partial charge in [0.25, 0.3) is 0 Å². The van der Waals surface area contributed by atoms with E-state index in [9.17, 15) is 0 Å². The molecule has 1 aromatic carbocycles. The quantitative estimate of drug-likeness (QED) is 0.906. The van der Waals surface area contributed by atoms with Gasteiger partial charge in [0.05, 0.1) is 6.10 Å². The van der Waals surface area contributed by atoms with Gasteiger partial charge in [0.2, 0.25) is 0 Å². The molecule has 3 unspecified atom stereocenters. The molecule has 2 nitrogen and oxygen atoms in total. The minimum absolute atomic E-state index is 0.421. The summed E-state index contributed by atoms with van der Waals surface area (Å²) in [6, 6.07) is 9.45. The number of benzene rings is 1. The standard InChI is InChI=1S/C15H21NOS/c1-11-8-13(6-7-17-11)16-10-14-9-12-4-2-3-5-15(12)18-14/h2-5,11,13-14,16H,6-10H2,1H3. The number of thioether (sulfide) groups is 1. The highest BCUT2D eigenvalue weighted by atomic mass is 32.2. The second-order valence-corrected chi connectivity index (χ2v) is 6.70. The molecule has 0 radical (unpaired) electrons. The Morgan fingerprint density at radius 2 is 2.28 bits per heavy atom. The normalized spacial score (nSPS) is 31.3. The fourth-order valence-electron chi connectivity index (χ4n) is 2.85. The predicted molar refractivity (Wildman–Crippen MR) is 76.2 cm³/mol. The van der Waals surface area contributed by atoms with Crippen LogP contribution in [0.1, 0.15) is 25.3 Å². The first kappa shape index (κ1) is 12.5. The third-order valence-corrected chi connectivity index (χ3v) is 5.15. The summed E-state index contributed by atoms with van der Waals surface area (Å²) in [5.41, 5.74) is 1.52. The number of hydrogen-bond donors (Lipinski definition) is 1. The molecule has 18 heavy (non-hydrogen) atoms. The molecule has 1 aromatic rings. The zero-order valence-corrected chi connectivity index (χ0v) is 11.7. The van der Waals surface area contributed by atoms with Crippen molar-refractivity contribution < 1.29 is 4.74 Å². The molecule has 0 bridgehead atoms. The van der Waals surface area contributed by atoms with Crippen LogP contribution < -0.4 is 5.32 Å². The van der Waals surface area contributed by atoms with Crippen molar-refractivity contribution in [3.63, 3.8) is 0 Å². The smallest absolute Gasteiger partial charge is 0.0561 e. The van der Waals surface area contributed by atoms with Gasteiger partial charge >= 0.3 is 0 Å². The van der Waals surface area contributed by atoms with Crippen LogP contribution in [0.5, 0.6) is 0 Å². The molecule has 0 saturated carbocycles. The zero-order chi connectivity index (χ0) is 12.4. The number of rotatable bonds is 3. The topological polar surface area (TPSA) is 21.3 Å². The Hall–Kier alpha value is -0.510. The van der Waals surface area contributed by atoms with Crippen LogP contribution in [0.25, 0.3) is 0 Å². The first-order valence-electron chi connectivity index (χ1n) is 6.91. The molecule has 0 spiro atoms. The molecule has 2 aliphatic heterocycles. The lowest BCUT2D eigenvalue weighted by atomic mass is 10.0. The van der Waals surface area contributed by atoms with Gasteiger partial charge in [-0.25, -0.2) is 0 Å². The van der Waals surface area contributed by atoms with Crippen molar-refractivity contribution in [3.05, 3.63) is 29.8 Å². The van der Waals surface area contributed by atoms with Crippen molar-refractivity contribution in [2.45, 2.75) is 48.5 Å². The lowest BCUT2D eigenvalue weighted by Crippen LogP contribution is -2.40. The van der Waals surface area contributed by atoms with Gasteiger partial charge in [-0.05, 0) is 37.8 Å². The Bertz CT molecular complexity index is 384. The van der Waals surface area contributed by atoms with Crippen molar-refractivity contribution in [1.29, 1.82) is 0 Å². The van der Waals surface area contributed by atoms with Gasteiger partial charge in [0, 0.05) is 29.3 Å². The molecule has 1 fully saturated rings. The third kappa shape index (κ3) is 2.90. The van der Waals surface area contributed by atoms with E-state index in [0.717, 1.165) is 26.0 Å². The maximum Gasteiger partial charge on any atom is 0.0561 e. The molecular formula is C15H21NOS. The van der Waals surface area contributed by atoms with Crippen LogP contribution in [0.15, 0.2) is 29.2 Å². The van der Waals surface area contributed by atoms with Gasteiger partial charge in [-0.15, -0.1) is 11.8 Å². The van der Waals surface area contributed by atoms with Gasteiger partial charge in [0.1, 0.15) is 0 Å². The van der Waals surface area contributed by atoms with Gasteiger partial charge in [0.15, 0.2) is 0 Å². The number of nitrogens with one attached hydrogen (secondary N) is 1. The Labute approximate surface area is 113 Å². The van der Waals surface area contributed by atoms with E-state index >= 15 is 0 Å². The largest absolute Gasteiger partial charge is 0.378 e. The molecule has 3 atom stereocenters. The Morgan fingerprint density at radius 1 is 1.39 bits per heavy atom. The summed E-state index contributed by atoms with van der Waals surface area (Å²) >= 11 is 2.03. The highest BCUT2D eigenvalue weighted by molar-refractivity contribution is 8.00. The van der Waals surface area contributed by atoms with Gasteiger partial charge in [-0.2, -0.15) is 0 Å². The third-order valence-electron chi connectivity index (χ3n) is 3.83. The highest BCUT2D eigenvalue weighted by Gasteiger charge is 2.24. The van der Waals surface area contributed by atoms with Crippen molar-refractivity contribution in [2.24, 2.45) is 0 Å². The fraction of sp³-hybridized carbons (Fsp3) is 0.600. The summed E-state index contributed by atoms with van der Waals surface area (Å²) in [6.07, 6.45) is 3.95. The van der Waals surface area contributed by atoms with Crippen LogP contribution in [0, 0.1) is 0 Å². The van der Waals surface area contributed by atoms with E-state index in [2.05, 4.69) is 36.5 Å². The Morgan fingerprint density at radius 3 is 3.11 bits per heavy atom. The second-order valence-electron chi connectivity index (χ2n) is 5.36. The monoisotopic (exact) mass is 263 g/mol. The van der Waals surface area contributed by atoms with Crippen LogP contribution >= 0.6 is 11.8 Å². The van der Waals surface area contributed by atoms with Gasteiger partial charge < -0.3 is 10.1 Å². The molecule has 3 heteroatoms. The van der Waals surface area contributed by atoms with Crippen LogP contribution in [0.2, 0.25) is 0 Å². The number of hydrogen-bond acceptors (Lipinski definition) is 3. The molecule has 98 valence electrons. The van der Waals surface area contributed by atoms with Crippen LogP contribution in [0.4, 0.5) is 0 Å². The molecule has 1 saturated heterocycles. The van der Waals surface area contributed by atoms with Crippen molar-refractivity contribution >= 4 is 11.8 Å². The SMILES string of the molecule is CC1CC(NCC2Cc3ccccc3S2)CCO1. The van der Waals surface area contributed by atoms with Crippen molar-refractivity contribution in [2.75, 3.05) is 13.2 Å². The summed E-state index contributed by atoms with van der Waals surface area (Å²) in [5.74, 6) is 0. The lowest BCUT2D eigenvalue weighted by Gasteiger charge is -2.28. The van der Waals surface area contributed by atoms with Gasteiger partial charge in [-0.3, -0.25) is 0 Å². The molecule has 2 heterocycles. The van der Waals surface area contributed by atoms with Crippen molar-refractivity contribution in [3.8, 4) is 0 Å². The van der Waals surface area contributed by atoms with Crippen LogP contribution in [-0.2, 0) is 11.2 Å². The average Bonchev–Trinajstić information content (AvgIpc) is 2.79. The highest BCUT2D eigenvalue weighted by Crippen LogP contribution is 2.36. The lowest BCUT2D eigenvalue weighted by molar-refractivity contribution is 0.0135. The summed E-state index contributed by atoms with van der Waals surface area (Å²) in [5, 5.41) is 4.44. The Balaban J connectivity index is 1.48. The maximum absolute atomic E-state index is 5.59. The first-order valence-corrected chi connectivity index (χ1v) is 7.79. The summed E-state index contributed by atoms with van der Waals surface area (Å²) in [7, 11) is 0. The average molecular weight is 263 g/mol. The number of ether oxygens (including phenoxy) is 1. The molecule has 0 aromatic heterocycles. The summed E-state index contributed by atoms with van der Waals surface area (Å²) in [4.78, 5) is 1.48. The molecular weight excluding hydrogens is 242 g/mol. The first-order chi connectivity index (χ1) is 8.81. The van der Waals surface area contributed by atoms with E-state index < -0.39 is 0 Å². The van der Waals surface area contributed by atoms with E-state index in [-0.39, 0.29) is 0 Å². The summed E-state index contributed by atoms with van der Waals surface area (Å²) < 4.78 is 5.59. The summed E-state index contributed by atoms with van der Waals surface area (Å²) in [6.45, 7) is 4.21.